The summed E-state index contributed by atoms with van der Waals surface area (Å²) in [6.07, 6.45) is 8.84. The zero-order valence-electron chi connectivity index (χ0n) is 12.7. The standard InChI is InChI=1S/C16H26N2OS/c1-3-19-16(9-5-4-6-10-16)15-18-14(12-7-8-12)13(20-15)11-17-2/h12,17H,3-11H2,1-2H3. The van der Waals surface area contributed by atoms with Crippen molar-refractivity contribution in [2.24, 2.45) is 0 Å². The third-order valence-electron chi connectivity index (χ3n) is 4.50. The molecule has 1 heterocycles. The number of hydrogen-bond donors (Lipinski definition) is 1. The molecule has 2 aliphatic rings. The van der Waals surface area contributed by atoms with Crippen LogP contribution in [-0.4, -0.2) is 18.6 Å². The van der Waals surface area contributed by atoms with Crippen LogP contribution in [0.1, 0.15) is 73.4 Å². The number of thiazole rings is 1. The predicted octanol–water partition coefficient (Wildman–Crippen LogP) is 3.94. The molecule has 3 rings (SSSR count). The number of ether oxygens (including phenoxy) is 1. The van der Waals surface area contributed by atoms with Crippen molar-refractivity contribution in [2.45, 2.75) is 69.9 Å². The average molecular weight is 294 g/mol. The van der Waals surface area contributed by atoms with E-state index in [9.17, 15) is 0 Å². The topological polar surface area (TPSA) is 34.1 Å². The van der Waals surface area contributed by atoms with Gasteiger partial charge in [-0.3, -0.25) is 0 Å². The lowest BCUT2D eigenvalue weighted by Crippen LogP contribution is -2.32. The van der Waals surface area contributed by atoms with Crippen LogP contribution in [0, 0.1) is 0 Å². The second-order valence-corrected chi connectivity index (χ2v) is 7.20. The number of aromatic nitrogens is 1. The molecule has 20 heavy (non-hydrogen) atoms. The molecule has 0 saturated heterocycles. The Morgan fingerprint density at radius 2 is 2.05 bits per heavy atom. The molecule has 2 saturated carbocycles. The molecule has 0 amide bonds. The van der Waals surface area contributed by atoms with Gasteiger partial charge in [0.2, 0.25) is 0 Å². The molecule has 0 bridgehead atoms. The summed E-state index contributed by atoms with van der Waals surface area (Å²) in [6.45, 7) is 3.85. The van der Waals surface area contributed by atoms with E-state index in [1.165, 1.54) is 47.7 Å². The van der Waals surface area contributed by atoms with Crippen LogP contribution in [-0.2, 0) is 16.9 Å². The van der Waals surface area contributed by atoms with Gasteiger partial charge in [-0.25, -0.2) is 4.98 Å². The summed E-state index contributed by atoms with van der Waals surface area (Å²) in [7, 11) is 2.02. The van der Waals surface area contributed by atoms with Gasteiger partial charge in [0.05, 0.1) is 5.69 Å². The van der Waals surface area contributed by atoms with Crippen molar-refractivity contribution in [3.63, 3.8) is 0 Å². The SMILES string of the molecule is CCOC1(c2nc(C3CC3)c(CNC)s2)CCCCC1. The summed E-state index contributed by atoms with van der Waals surface area (Å²) in [5.41, 5.74) is 1.29. The van der Waals surface area contributed by atoms with Gasteiger partial charge in [-0.15, -0.1) is 11.3 Å². The van der Waals surface area contributed by atoms with Gasteiger partial charge < -0.3 is 10.1 Å². The monoisotopic (exact) mass is 294 g/mol. The van der Waals surface area contributed by atoms with E-state index in [0.29, 0.717) is 0 Å². The van der Waals surface area contributed by atoms with Crippen LogP contribution in [0.2, 0.25) is 0 Å². The van der Waals surface area contributed by atoms with Gasteiger partial charge in [0.1, 0.15) is 10.6 Å². The smallest absolute Gasteiger partial charge is 0.125 e. The van der Waals surface area contributed by atoms with Crippen molar-refractivity contribution in [1.29, 1.82) is 0 Å². The first-order valence-electron chi connectivity index (χ1n) is 8.07. The van der Waals surface area contributed by atoms with Crippen molar-refractivity contribution in [1.82, 2.24) is 10.3 Å². The molecule has 0 spiro atoms. The molecule has 112 valence electrons. The summed E-state index contributed by atoms with van der Waals surface area (Å²) >= 11 is 1.90. The molecular weight excluding hydrogens is 268 g/mol. The average Bonchev–Trinajstić information content (AvgIpc) is 3.22. The van der Waals surface area contributed by atoms with Gasteiger partial charge in [-0.2, -0.15) is 0 Å². The summed E-state index contributed by atoms with van der Waals surface area (Å²) < 4.78 is 6.23. The van der Waals surface area contributed by atoms with Crippen LogP contribution < -0.4 is 5.32 Å². The Bertz CT molecular complexity index is 442. The fourth-order valence-corrected chi connectivity index (χ4v) is 4.70. The van der Waals surface area contributed by atoms with Crippen LogP contribution in [0.25, 0.3) is 0 Å². The lowest BCUT2D eigenvalue weighted by atomic mass is 9.85. The second kappa shape index (κ2) is 6.12. The Hall–Kier alpha value is -0.450. The second-order valence-electron chi connectivity index (χ2n) is 6.12. The maximum atomic E-state index is 6.23. The van der Waals surface area contributed by atoms with Gasteiger partial charge in [-0.1, -0.05) is 19.3 Å². The highest BCUT2D eigenvalue weighted by Crippen LogP contribution is 2.47. The quantitative estimate of drug-likeness (QED) is 0.863. The van der Waals surface area contributed by atoms with E-state index < -0.39 is 0 Å². The molecule has 0 aromatic carbocycles. The molecule has 0 aliphatic heterocycles. The highest BCUT2D eigenvalue weighted by atomic mass is 32.1. The van der Waals surface area contributed by atoms with Crippen LogP contribution in [0.15, 0.2) is 0 Å². The molecule has 0 atom stereocenters. The highest BCUT2D eigenvalue weighted by Gasteiger charge is 2.40. The van der Waals surface area contributed by atoms with Gasteiger partial charge in [0.15, 0.2) is 0 Å². The lowest BCUT2D eigenvalue weighted by molar-refractivity contribution is -0.0705. The zero-order chi connectivity index (χ0) is 14.0. The minimum atomic E-state index is -0.0761. The molecule has 2 fully saturated rings. The van der Waals surface area contributed by atoms with Crippen molar-refractivity contribution < 1.29 is 4.74 Å². The Balaban J connectivity index is 1.91. The maximum Gasteiger partial charge on any atom is 0.125 e. The summed E-state index contributed by atoms with van der Waals surface area (Å²) in [6, 6.07) is 0. The van der Waals surface area contributed by atoms with Crippen LogP contribution >= 0.6 is 11.3 Å². The molecule has 1 N–H and O–H groups in total. The molecule has 1 aromatic heterocycles. The molecule has 4 heteroatoms. The fraction of sp³-hybridized carbons (Fsp3) is 0.812. The van der Waals surface area contributed by atoms with E-state index in [1.807, 2.05) is 18.4 Å². The number of hydrogen-bond acceptors (Lipinski definition) is 4. The zero-order valence-corrected chi connectivity index (χ0v) is 13.5. The first-order valence-corrected chi connectivity index (χ1v) is 8.89. The van der Waals surface area contributed by atoms with Crippen LogP contribution in [0.5, 0.6) is 0 Å². The summed E-state index contributed by atoms with van der Waals surface area (Å²) in [5, 5.41) is 4.55. The number of nitrogens with one attached hydrogen (secondary N) is 1. The third-order valence-corrected chi connectivity index (χ3v) is 5.76. The van der Waals surface area contributed by atoms with E-state index in [4.69, 9.17) is 9.72 Å². The van der Waals surface area contributed by atoms with Gasteiger partial charge in [-0.05, 0) is 39.7 Å². The largest absolute Gasteiger partial charge is 0.368 e. The molecule has 1 aromatic rings. The molecule has 3 nitrogen and oxygen atoms in total. The van der Waals surface area contributed by atoms with E-state index in [1.54, 1.807) is 0 Å². The Morgan fingerprint density at radius 1 is 1.30 bits per heavy atom. The fourth-order valence-electron chi connectivity index (χ4n) is 3.34. The van der Waals surface area contributed by atoms with E-state index in [0.717, 1.165) is 31.9 Å². The maximum absolute atomic E-state index is 6.23. The number of rotatable bonds is 6. The normalized spacial score (nSPS) is 22.1. The van der Waals surface area contributed by atoms with E-state index in [2.05, 4.69) is 12.2 Å². The first-order chi connectivity index (χ1) is 9.79. The third kappa shape index (κ3) is 2.78. The minimum absolute atomic E-state index is 0.0761. The summed E-state index contributed by atoms with van der Waals surface area (Å²) in [5.74, 6) is 0.727. The van der Waals surface area contributed by atoms with Gasteiger partial charge in [0.25, 0.3) is 0 Å². The van der Waals surface area contributed by atoms with Crippen LogP contribution in [0.3, 0.4) is 0 Å². The van der Waals surface area contributed by atoms with Crippen molar-refractivity contribution in [2.75, 3.05) is 13.7 Å². The van der Waals surface area contributed by atoms with E-state index >= 15 is 0 Å². The van der Waals surface area contributed by atoms with Crippen molar-refractivity contribution in [3.8, 4) is 0 Å². The van der Waals surface area contributed by atoms with Gasteiger partial charge >= 0.3 is 0 Å². The van der Waals surface area contributed by atoms with Crippen molar-refractivity contribution >= 4 is 11.3 Å². The lowest BCUT2D eigenvalue weighted by Gasteiger charge is -2.35. The predicted molar refractivity (Wildman–Crippen MR) is 83.2 cm³/mol. The number of nitrogens with zero attached hydrogens (tertiary/aromatic N) is 1. The van der Waals surface area contributed by atoms with Gasteiger partial charge in [0, 0.05) is 23.9 Å². The Morgan fingerprint density at radius 3 is 2.65 bits per heavy atom. The van der Waals surface area contributed by atoms with Crippen molar-refractivity contribution in [3.05, 3.63) is 15.6 Å². The molecular formula is C16H26N2OS. The molecule has 2 aliphatic carbocycles. The Kier molecular flexibility index (Phi) is 4.43. The molecule has 0 unspecified atom stereocenters. The minimum Gasteiger partial charge on any atom is -0.368 e. The highest BCUT2D eigenvalue weighted by molar-refractivity contribution is 7.11. The van der Waals surface area contributed by atoms with E-state index in [-0.39, 0.29) is 5.60 Å². The van der Waals surface area contributed by atoms with Crippen LogP contribution in [0.4, 0.5) is 0 Å². The first kappa shape index (κ1) is 14.5. The Labute approximate surface area is 126 Å². The molecule has 0 radical (unpaired) electrons. The summed E-state index contributed by atoms with van der Waals surface area (Å²) in [4.78, 5) is 6.50.